The van der Waals surface area contributed by atoms with Crippen molar-refractivity contribution in [3.63, 3.8) is 0 Å². The van der Waals surface area contributed by atoms with E-state index in [0.717, 1.165) is 5.56 Å². The average Bonchev–Trinajstić information content (AvgIpc) is 2.04. The Hall–Kier alpha value is -0.140. The normalized spacial score (nSPS) is 10.3. The third-order valence-electron chi connectivity index (χ3n) is 1.32. The summed E-state index contributed by atoms with van der Waals surface area (Å²) in [6.45, 7) is 3.95. The molecule has 0 radical (unpaired) electrons. The van der Waals surface area contributed by atoms with Crippen LogP contribution in [0.25, 0.3) is 0 Å². The summed E-state index contributed by atoms with van der Waals surface area (Å²) in [6, 6.07) is 5.99. The van der Waals surface area contributed by atoms with Crippen LogP contribution in [0.5, 0.6) is 0 Å². The van der Waals surface area contributed by atoms with Gasteiger partial charge in [-0.3, -0.25) is 4.55 Å². The van der Waals surface area contributed by atoms with Crippen LogP contribution in [0, 0.1) is 6.92 Å². The molecular weight excluding hydrogens is 315 g/mol. The molecular formula is C9H13IO3S. The molecule has 80 valence electrons. The summed E-state index contributed by atoms with van der Waals surface area (Å²) < 4.78 is 30.8. The number of benzene rings is 1. The quantitative estimate of drug-likeness (QED) is 0.490. The summed E-state index contributed by atoms with van der Waals surface area (Å²) in [6.07, 6.45) is 0. The monoisotopic (exact) mass is 328 g/mol. The van der Waals surface area contributed by atoms with E-state index in [1.165, 1.54) is 16.6 Å². The predicted molar refractivity (Wildman–Crippen MR) is 65.6 cm³/mol. The van der Waals surface area contributed by atoms with Gasteiger partial charge in [0.1, 0.15) is 0 Å². The fraction of sp³-hybridized carbons (Fsp3) is 0.333. The molecule has 0 saturated carbocycles. The van der Waals surface area contributed by atoms with E-state index in [0.29, 0.717) is 0 Å². The van der Waals surface area contributed by atoms with Gasteiger partial charge in [-0.05, 0) is 23.5 Å². The van der Waals surface area contributed by atoms with Crippen molar-refractivity contribution in [2.75, 3.05) is 4.43 Å². The van der Waals surface area contributed by atoms with Crippen molar-refractivity contribution in [2.24, 2.45) is 0 Å². The van der Waals surface area contributed by atoms with Crippen molar-refractivity contribution in [3.05, 3.63) is 29.8 Å². The Kier molecular flexibility index (Phi) is 6.30. The summed E-state index contributed by atoms with van der Waals surface area (Å²) in [7, 11) is -4.02. The average molecular weight is 328 g/mol. The molecule has 0 aliphatic rings. The molecule has 0 heterocycles. The first kappa shape index (κ1) is 13.9. The maximum atomic E-state index is 10.5. The van der Waals surface area contributed by atoms with Crippen LogP contribution in [0.3, 0.4) is 0 Å². The van der Waals surface area contributed by atoms with Crippen molar-refractivity contribution in [1.29, 1.82) is 0 Å². The van der Waals surface area contributed by atoms with Crippen LogP contribution in [0.2, 0.25) is 0 Å². The highest BCUT2D eigenvalue weighted by Crippen LogP contribution is 2.08. The zero-order chi connectivity index (χ0) is 11.2. The molecule has 0 aliphatic heterocycles. The maximum Gasteiger partial charge on any atom is 0.294 e. The highest BCUT2D eigenvalue weighted by atomic mass is 127. The molecule has 0 aromatic heterocycles. The van der Waals surface area contributed by atoms with Crippen LogP contribution in [0.1, 0.15) is 12.5 Å². The van der Waals surface area contributed by atoms with Crippen molar-refractivity contribution >= 4 is 32.7 Å². The summed E-state index contributed by atoms with van der Waals surface area (Å²) in [4.78, 5) is -0.0666. The van der Waals surface area contributed by atoms with Crippen LogP contribution in [0.15, 0.2) is 29.2 Å². The summed E-state index contributed by atoms with van der Waals surface area (Å²) in [5, 5.41) is 0. The Bertz CT molecular complexity index is 356. The Morgan fingerprint density at radius 1 is 1.29 bits per heavy atom. The second-order valence-corrected chi connectivity index (χ2v) is 5.50. The van der Waals surface area contributed by atoms with Crippen LogP contribution < -0.4 is 0 Å². The van der Waals surface area contributed by atoms with E-state index in [1.54, 1.807) is 12.1 Å². The first-order valence-electron chi connectivity index (χ1n) is 4.02. The topological polar surface area (TPSA) is 54.4 Å². The molecule has 0 unspecified atom stereocenters. The molecule has 1 aromatic rings. The third kappa shape index (κ3) is 5.56. The second-order valence-electron chi connectivity index (χ2n) is 2.56. The largest absolute Gasteiger partial charge is 0.294 e. The van der Waals surface area contributed by atoms with Gasteiger partial charge in [-0.15, -0.1) is 0 Å². The number of aryl methyl sites for hydroxylation is 1. The van der Waals surface area contributed by atoms with E-state index < -0.39 is 10.1 Å². The smallest absolute Gasteiger partial charge is 0.282 e. The molecule has 1 N–H and O–H groups in total. The maximum absolute atomic E-state index is 10.5. The standard InChI is InChI=1S/C7H8O3S.C2H5I/c1-6-2-4-7(5-3-6)11(8,9)10;1-2-3/h2-5H,1H3,(H,8,9,10);2H2,1H3. The Labute approximate surface area is 98.4 Å². The molecule has 0 fully saturated rings. The fourth-order valence-electron chi connectivity index (χ4n) is 0.710. The lowest BCUT2D eigenvalue weighted by molar-refractivity contribution is 0.483. The summed E-state index contributed by atoms with van der Waals surface area (Å²) in [5.74, 6) is 0. The molecule has 3 nitrogen and oxygen atoms in total. The molecule has 0 bridgehead atoms. The van der Waals surface area contributed by atoms with Crippen molar-refractivity contribution < 1.29 is 13.0 Å². The predicted octanol–water partition coefficient (Wildman–Crippen LogP) is 2.68. The van der Waals surface area contributed by atoms with E-state index in [2.05, 4.69) is 29.5 Å². The van der Waals surface area contributed by atoms with E-state index in [-0.39, 0.29) is 4.90 Å². The zero-order valence-electron chi connectivity index (χ0n) is 8.07. The van der Waals surface area contributed by atoms with Crippen LogP contribution in [0.4, 0.5) is 0 Å². The lowest BCUT2D eigenvalue weighted by Gasteiger charge is -1.95. The number of hydrogen-bond acceptors (Lipinski definition) is 2. The van der Waals surface area contributed by atoms with E-state index >= 15 is 0 Å². The van der Waals surface area contributed by atoms with Gasteiger partial charge in [0.2, 0.25) is 0 Å². The Balaban J connectivity index is 0.000000500. The SMILES string of the molecule is CCI.Cc1ccc(S(=O)(=O)O)cc1. The van der Waals surface area contributed by atoms with E-state index in [9.17, 15) is 8.42 Å². The highest BCUT2D eigenvalue weighted by Gasteiger charge is 2.06. The molecule has 0 saturated heterocycles. The minimum atomic E-state index is -4.02. The lowest BCUT2D eigenvalue weighted by atomic mass is 10.2. The number of alkyl halides is 1. The Morgan fingerprint density at radius 3 is 1.93 bits per heavy atom. The third-order valence-corrected chi connectivity index (χ3v) is 2.19. The van der Waals surface area contributed by atoms with Gasteiger partial charge in [-0.1, -0.05) is 47.2 Å². The van der Waals surface area contributed by atoms with Gasteiger partial charge in [0.05, 0.1) is 4.90 Å². The van der Waals surface area contributed by atoms with Gasteiger partial charge >= 0.3 is 0 Å². The molecule has 1 aromatic carbocycles. The summed E-state index contributed by atoms with van der Waals surface area (Å²) in [5.41, 5.74) is 0.956. The van der Waals surface area contributed by atoms with Gasteiger partial charge in [-0.2, -0.15) is 8.42 Å². The number of rotatable bonds is 1. The fourth-order valence-corrected chi connectivity index (χ4v) is 1.19. The first-order chi connectivity index (χ1) is 6.41. The summed E-state index contributed by atoms with van der Waals surface area (Å²) >= 11 is 2.29. The van der Waals surface area contributed by atoms with Gasteiger partial charge in [0, 0.05) is 0 Å². The Morgan fingerprint density at radius 2 is 1.64 bits per heavy atom. The van der Waals surface area contributed by atoms with Crippen LogP contribution in [-0.4, -0.2) is 17.4 Å². The second kappa shape index (κ2) is 6.36. The highest BCUT2D eigenvalue weighted by molar-refractivity contribution is 14.1. The number of hydrogen-bond donors (Lipinski definition) is 1. The molecule has 0 aliphatic carbocycles. The first-order valence-corrected chi connectivity index (χ1v) is 6.98. The lowest BCUT2D eigenvalue weighted by Crippen LogP contribution is -1.96. The minimum absolute atomic E-state index is 0.0666. The van der Waals surface area contributed by atoms with E-state index in [4.69, 9.17) is 4.55 Å². The molecule has 0 amide bonds. The molecule has 0 atom stereocenters. The van der Waals surface area contributed by atoms with Gasteiger partial charge in [0.25, 0.3) is 10.1 Å². The minimum Gasteiger partial charge on any atom is -0.282 e. The molecule has 14 heavy (non-hydrogen) atoms. The van der Waals surface area contributed by atoms with Gasteiger partial charge in [0.15, 0.2) is 0 Å². The molecule has 0 spiro atoms. The van der Waals surface area contributed by atoms with E-state index in [1.807, 2.05) is 6.92 Å². The van der Waals surface area contributed by atoms with Gasteiger partial charge in [-0.25, -0.2) is 0 Å². The molecule has 1 rings (SSSR count). The van der Waals surface area contributed by atoms with Crippen molar-refractivity contribution in [1.82, 2.24) is 0 Å². The molecule has 5 heteroatoms. The van der Waals surface area contributed by atoms with Crippen LogP contribution in [-0.2, 0) is 10.1 Å². The zero-order valence-corrected chi connectivity index (χ0v) is 11.0. The number of halogens is 1. The van der Waals surface area contributed by atoms with Crippen molar-refractivity contribution in [3.8, 4) is 0 Å². The van der Waals surface area contributed by atoms with Crippen molar-refractivity contribution in [2.45, 2.75) is 18.7 Å². The van der Waals surface area contributed by atoms with Crippen LogP contribution >= 0.6 is 22.6 Å². The van der Waals surface area contributed by atoms with Gasteiger partial charge < -0.3 is 0 Å².